The Balaban J connectivity index is 1.37. The van der Waals surface area contributed by atoms with E-state index in [0.29, 0.717) is 17.4 Å². The second kappa shape index (κ2) is 8.16. The first-order valence-electron chi connectivity index (χ1n) is 12.7. The molecule has 2 fully saturated rings. The number of hydrogen-bond donors (Lipinski definition) is 2. The number of aromatic nitrogens is 4. The Morgan fingerprint density at radius 2 is 1.88 bits per heavy atom. The van der Waals surface area contributed by atoms with Gasteiger partial charge in [-0.05, 0) is 69.4 Å². The van der Waals surface area contributed by atoms with Gasteiger partial charge < -0.3 is 20.1 Å². The van der Waals surface area contributed by atoms with Crippen molar-refractivity contribution in [3.63, 3.8) is 0 Å². The quantitative estimate of drug-likeness (QED) is 0.582. The van der Waals surface area contributed by atoms with Crippen molar-refractivity contribution in [2.45, 2.75) is 56.7 Å². The van der Waals surface area contributed by atoms with Crippen molar-refractivity contribution in [2.24, 2.45) is 0 Å². The maximum absolute atomic E-state index is 15.2. The topological polar surface area (TPSA) is 96.3 Å². The van der Waals surface area contributed by atoms with E-state index >= 15 is 4.39 Å². The fourth-order valence-electron chi connectivity index (χ4n) is 5.50. The summed E-state index contributed by atoms with van der Waals surface area (Å²) in [6, 6.07) is 7.60. The summed E-state index contributed by atoms with van der Waals surface area (Å²) >= 11 is 0. The molecule has 178 valence electrons. The number of hydrogen-bond acceptors (Lipinski definition) is 8. The number of ether oxygens (including phenoxy) is 1. The molecule has 8 nitrogen and oxygen atoms in total. The predicted molar refractivity (Wildman–Crippen MR) is 127 cm³/mol. The van der Waals surface area contributed by atoms with Gasteiger partial charge in [-0.1, -0.05) is 0 Å². The Bertz CT molecular complexity index is 1280. The van der Waals surface area contributed by atoms with E-state index in [1.807, 2.05) is 7.05 Å². The lowest BCUT2D eigenvalue weighted by Crippen LogP contribution is -2.58. The van der Waals surface area contributed by atoms with Crippen LogP contribution in [0.5, 0.6) is 11.6 Å². The van der Waals surface area contributed by atoms with Gasteiger partial charge in [0.1, 0.15) is 11.6 Å². The first-order valence-corrected chi connectivity index (χ1v) is 11.2. The molecule has 2 aromatic heterocycles. The number of nitrogens with one attached hydrogen (secondary N) is 1. The predicted octanol–water partition coefficient (Wildman–Crippen LogP) is 3.95. The van der Waals surface area contributed by atoms with Crippen molar-refractivity contribution >= 4 is 5.82 Å². The minimum absolute atomic E-state index is 0.0774. The van der Waals surface area contributed by atoms with Crippen LogP contribution in [0.2, 0.25) is 0 Å². The van der Waals surface area contributed by atoms with Gasteiger partial charge in [0.05, 0.1) is 28.6 Å². The highest BCUT2D eigenvalue weighted by molar-refractivity contribution is 5.75. The largest absolute Gasteiger partial charge is 0.507 e. The first-order chi connectivity index (χ1) is 17.3. The van der Waals surface area contributed by atoms with Crippen LogP contribution in [0.25, 0.3) is 22.4 Å². The summed E-state index contributed by atoms with van der Waals surface area (Å²) < 4.78 is 41.5. The van der Waals surface area contributed by atoms with Crippen molar-refractivity contribution < 1.29 is 18.3 Å². The summed E-state index contributed by atoms with van der Waals surface area (Å²) in [6.45, 7) is 4.54. The van der Waals surface area contributed by atoms with E-state index in [4.69, 9.17) is 8.85 Å². The third kappa shape index (κ3) is 4.04. The molecule has 9 heteroatoms. The normalized spacial score (nSPS) is 27.5. The second-order valence-corrected chi connectivity index (χ2v) is 9.93. The SMILES string of the molecule is [2H]C([2H])([2H])Oc1cc(-c2cc(O)c(-c3ccc(N(C)C4C[C@]5(C)CC[C@](C)(C4)N5)nn3)c(F)c2)cnn1. The lowest BCUT2D eigenvalue weighted by molar-refractivity contribution is 0.207. The Morgan fingerprint density at radius 3 is 2.53 bits per heavy atom. The summed E-state index contributed by atoms with van der Waals surface area (Å²) in [5, 5.41) is 30.3. The number of benzene rings is 1. The van der Waals surface area contributed by atoms with Gasteiger partial charge in [-0.2, -0.15) is 5.10 Å². The Morgan fingerprint density at radius 1 is 1.12 bits per heavy atom. The van der Waals surface area contributed by atoms with Gasteiger partial charge >= 0.3 is 0 Å². The van der Waals surface area contributed by atoms with Crippen molar-refractivity contribution in [1.29, 1.82) is 0 Å². The van der Waals surface area contributed by atoms with Crippen molar-refractivity contribution in [3.8, 4) is 34.0 Å². The molecule has 3 atom stereocenters. The summed E-state index contributed by atoms with van der Waals surface area (Å²) in [6.07, 6.45) is 5.62. The molecular weight excluding hydrogens is 435 g/mol. The highest BCUT2D eigenvalue weighted by Crippen LogP contribution is 2.44. The fraction of sp³-hybridized carbons (Fsp3) is 0.440. The lowest BCUT2D eigenvalue weighted by atomic mass is 9.84. The number of methoxy groups -OCH3 is 1. The van der Waals surface area contributed by atoms with Crippen LogP contribution in [0, 0.1) is 5.82 Å². The molecule has 1 aromatic carbocycles. The van der Waals surface area contributed by atoms with Gasteiger partial charge in [-0.15, -0.1) is 15.3 Å². The molecular formula is C25H29FN6O2. The van der Waals surface area contributed by atoms with E-state index in [1.165, 1.54) is 24.4 Å². The number of phenolic OH excluding ortho intramolecular Hbond substituents is 1. The molecule has 0 aliphatic carbocycles. The van der Waals surface area contributed by atoms with E-state index in [1.54, 1.807) is 12.1 Å². The maximum Gasteiger partial charge on any atom is 0.233 e. The highest BCUT2D eigenvalue weighted by atomic mass is 19.1. The number of nitrogens with zero attached hydrogens (tertiary/aromatic N) is 5. The minimum Gasteiger partial charge on any atom is -0.507 e. The molecule has 5 rings (SSSR count). The van der Waals surface area contributed by atoms with E-state index in [-0.39, 0.29) is 39.5 Å². The fourth-order valence-corrected chi connectivity index (χ4v) is 5.50. The molecule has 2 saturated heterocycles. The Labute approximate surface area is 202 Å². The van der Waals surface area contributed by atoms with Crippen LogP contribution in [0.15, 0.2) is 36.5 Å². The average Bonchev–Trinajstić information content (AvgIpc) is 3.04. The van der Waals surface area contributed by atoms with Gasteiger partial charge in [-0.3, -0.25) is 0 Å². The van der Waals surface area contributed by atoms with Gasteiger partial charge in [-0.25, -0.2) is 4.39 Å². The zero-order valence-electron chi connectivity index (χ0n) is 22.3. The standard InChI is InChI=1S/C25H29FN6O2/c1-24-7-8-25(2,31-24)13-17(12-24)32(3)21-6-5-19(28-29-21)23-18(26)9-15(10-20(23)33)16-11-22(34-4)30-27-14-16/h5-6,9-11,14,17,31,33H,7-8,12-13H2,1-4H3/t17?,24-,25+/i4D3. The number of aromatic hydroxyl groups is 1. The number of phenols is 1. The third-order valence-corrected chi connectivity index (χ3v) is 7.16. The summed E-state index contributed by atoms with van der Waals surface area (Å²) in [4.78, 5) is 2.13. The van der Waals surface area contributed by atoms with E-state index in [0.717, 1.165) is 25.7 Å². The summed E-state index contributed by atoms with van der Waals surface area (Å²) in [5.74, 6) is -0.604. The van der Waals surface area contributed by atoms with E-state index in [2.05, 4.69) is 44.5 Å². The highest BCUT2D eigenvalue weighted by Gasteiger charge is 2.49. The number of piperidine rings is 1. The van der Waals surface area contributed by atoms with Crippen LogP contribution >= 0.6 is 0 Å². The molecule has 3 aromatic rings. The number of halogens is 1. The first kappa shape index (κ1) is 19.0. The van der Waals surface area contributed by atoms with Crippen LogP contribution < -0.4 is 15.0 Å². The van der Waals surface area contributed by atoms with Crippen molar-refractivity contribution in [1.82, 2.24) is 25.7 Å². The van der Waals surface area contributed by atoms with E-state index < -0.39 is 12.9 Å². The van der Waals surface area contributed by atoms with Crippen LogP contribution in [0.3, 0.4) is 0 Å². The van der Waals surface area contributed by atoms with Gasteiger partial charge in [0.25, 0.3) is 0 Å². The maximum atomic E-state index is 15.2. The van der Waals surface area contributed by atoms with Gasteiger partial charge in [0.15, 0.2) is 5.82 Å². The molecule has 0 radical (unpaired) electrons. The molecule has 4 heterocycles. The number of anilines is 1. The second-order valence-electron chi connectivity index (χ2n) is 9.93. The summed E-state index contributed by atoms with van der Waals surface area (Å²) in [7, 11) is -0.696. The molecule has 2 bridgehead atoms. The van der Waals surface area contributed by atoms with Crippen molar-refractivity contribution in [2.75, 3.05) is 19.0 Å². The molecule has 2 aliphatic heterocycles. The zero-order chi connectivity index (χ0) is 26.6. The minimum atomic E-state index is -2.70. The molecule has 34 heavy (non-hydrogen) atoms. The molecule has 0 amide bonds. The van der Waals surface area contributed by atoms with Crippen LogP contribution in [0.1, 0.15) is 43.6 Å². The number of rotatable bonds is 5. The van der Waals surface area contributed by atoms with Crippen LogP contribution in [-0.2, 0) is 0 Å². The van der Waals surface area contributed by atoms with Crippen molar-refractivity contribution in [3.05, 3.63) is 42.3 Å². The lowest BCUT2D eigenvalue weighted by Gasteiger charge is -2.45. The van der Waals surface area contributed by atoms with Gasteiger partial charge in [0, 0.05) is 35.8 Å². The van der Waals surface area contributed by atoms with Crippen LogP contribution in [0.4, 0.5) is 10.2 Å². The average molecular weight is 468 g/mol. The molecule has 1 unspecified atom stereocenters. The monoisotopic (exact) mass is 467 g/mol. The molecule has 2 aliphatic rings. The smallest absolute Gasteiger partial charge is 0.233 e. The summed E-state index contributed by atoms with van der Waals surface area (Å²) in [5.41, 5.74) is 0.945. The van der Waals surface area contributed by atoms with Crippen LogP contribution in [-0.4, -0.2) is 56.7 Å². The Kier molecular flexibility index (Phi) is 4.57. The molecule has 0 spiro atoms. The molecule has 2 N–H and O–H groups in total. The number of fused-ring (bicyclic) bond motifs is 2. The van der Waals surface area contributed by atoms with E-state index in [9.17, 15) is 5.11 Å². The zero-order valence-corrected chi connectivity index (χ0v) is 19.3. The molecule has 0 saturated carbocycles. The Hall–Kier alpha value is -3.33. The van der Waals surface area contributed by atoms with Gasteiger partial charge in [0.2, 0.25) is 5.88 Å². The third-order valence-electron chi connectivity index (χ3n) is 7.16.